The average molecular weight is 353 g/mol. The summed E-state index contributed by atoms with van der Waals surface area (Å²) in [6.45, 7) is 7.60. The van der Waals surface area contributed by atoms with Crippen LogP contribution in [0, 0.1) is 13.8 Å². The number of nitrogens with zero attached hydrogens (tertiary/aromatic N) is 4. The molecule has 2 aliphatic rings. The van der Waals surface area contributed by atoms with E-state index in [1.807, 2.05) is 30.2 Å². The minimum Gasteiger partial charge on any atom is -0.332 e. The lowest BCUT2D eigenvalue weighted by atomic mass is 9.83. The van der Waals surface area contributed by atoms with Gasteiger partial charge >= 0.3 is 6.03 Å². The number of likely N-dealkylation sites (tertiary alicyclic amines) is 1. The van der Waals surface area contributed by atoms with E-state index in [1.54, 1.807) is 0 Å². The van der Waals surface area contributed by atoms with Crippen molar-refractivity contribution in [2.75, 3.05) is 32.0 Å². The van der Waals surface area contributed by atoms with Gasteiger partial charge in [0.15, 0.2) is 0 Å². The lowest BCUT2D eigenvalue weighted by Gasteiger charge is -2.49. The van der Waals surface area contributed by atoms with Crippen LogP contribution in [0.15, 0.2) is 30.6 Å². The number of aromatic nitrogens is 2. The number of hydrogen-bond acceptors (Lipinski definition) is 3. The number of urea groups is 1. The summed E-state index contributed by atoms with van der Waals surface area (Å²) < 4.78 is 2.27. The van der Waals surface area contributed by atoms with Crippen LogP contribution in [0.4, 0.5) is 10.5 Å². The van der Waals surface area contributed by atoms with Crippen molar-refractivity contribution in [3.8, 4) is 0 Å². The molecule has 0 atom stereocenters. The van der Waals surface area contributed by atoms with Crippen molar-refractivity contribution >= 4 is 11.7 Å². The fourth-order valence-electron chi connectivity index (χ4n) is 4.37. The van der Waals surface area contributed by atoms with Crippen molar-refractivity contribution in [2.24, 2.45) is 0 Å². The van der Waals surface area contributed by atoms with Crippen LogP contribution in [-0.4, -0.2) is 52.1 Å². The molecule has 3 heterocycles. The maximum absolute atomic E-state index is 12.7. The summed E-state index contributed by atoms with van der Waals surface area (Å²) in [4.78, 5) is 21.7. The number of imidazole rings is 1. The van der Waals surface area contributed by atoms with E-state index in [9.17, 15) is 4.79 Å². The number of nitrogens with one attached hydrogen (secondary N) is 1. The Morgan fingerprint density at radius 2 is 1.92 bits per heavy atom. The predicted octanol–water partition coefficient (Wildman–Crippen LogP) is 2.97. The zero-order valence-electron chi connectivity index (χ0n) is 15.8. The molecule has 0 aliphatic carbocycles. The Morgan fingerprint density at radius 3 is 2.65 bits per heavy atom. The highest BCUT2D eigenvalue weighted by atomic mass is 16.2. The fourth-order valence-corrected chi connectivity index (χ4v) is 4.37. The monoisotopic (exact) mass is 353 g/mol. The number of carbonyl (C=O) groups is 1. The molecule has 2 amide bonds. The van der Waals surface area contributed by atoms with Crippen LogP contribution in [0.2, 0.25) is 0 Å². The first-order chi connectivity index (χ1) is 12.5. The van der Waals surface area contributed by atoms with E-state index in [0.29, 0.717) is 0 Å². The smallest absolute Gasteiger partial charge is 0.321 e. The molecule has 4 rings (SSSR count). The SMILES string of the molecule is Cc1ccc(NC(=O)N2CCC3(CC2)c2nccn2CCN3C)c(C)c1. The summed E-state index contributed by atoms with van der Waals surface area (Å²) in [5.74, 6) is 1.15. The second-order valence-corrected chi connectivity index (χ2v) is 7.63. The molecule has 26 heavy (non-hydrogen) atoms. The topological polar surface area (TPSA) is 53.4 Å². The molecule has 6 nitrogen and oxygen atoms in total. The molecular weight excluding hydrogens is 326 g/mol. The van der Waals surface area contributed by atoms with Gasteiger partial charge in [0, 0.05) is 44.3 Å². The highest BCUT2D eigenvalue weighted by molar-refractivity contribution is 5.90. The second-order valence-electron chi connectivity index (χ2n) is 7.63. The summed E-state index contributed by atoms with van der Waals surface area (Å²) in [6.07, 6.45) is 5.81. The molecule has 138 valence electrons. The van der Waals surface area contributed by atoms with Gasteiger partial charge in [-0.25, -0.2) is 9.78 Å². The molecule has 1 N–H and O–H groups in total. The van der Waals surface area contributed by atoms with Crippen molar-refractivity contribution in [3.05, 3.63) is 47.5 Å². The second kappa shape index (κ2) is 6.43. The minimum atomic E-state index is -0.0433. The molecule has 0 radical (unpaired) electrons. The first kappa shape index (κ1) is 17.1. The number of anilines is 1. The Morgan fingerprint density at radius 1 is 1.15 bits per heavy atom. The van der Waals surface area contributed by atoms with Gasteiger partial charge in [0.1, 0.15) is 5.82 Å². The number of aryl methyl sites for hydroxylation is 2. The van der Waals surface area contributed by atoms with Gasteiger partial charge in [-0.2, -0.15) is 0 Å². The number of carbonyl (C=O) groups excluding carboxylic acids is 1. The molecule has 6 heteroatoms. The lowest BCUT2D eigenvalue weighted by molar-refractivity contribution is 0.0197. The van der Waals surface area contributed by atoms with E-state index in [2.05, 4.69) is 46.0 Å². The average Bonchev–Trinajstić information content (AvgIpc) is 3.11. The Bertz CT molecular complexity index is 819. The van der Waals surface area contributed by atoms with Gasteiger partial charge in [-0.3, -0.25) is 4.90 Å². The molecule has 0 saturated carbocycles. The highest BCUT2D eigenvalue weighted by Gasteiger charge is 2.45. The normalized spacial score (nSPS) is 19.4. The molecule has 1 saturated heterocycles. The summed E-state index contributed by atoms with van der Waals surface area (Å²) in [5.41, 5.74) is 3.15. The Labute approximate surface area is 154 Å². The van der Waals surface area contributed by atoms with Crippen LogP contribution in [-0.2, 0) is 12.1 Å². The van der Waals surface area contributed by atoms with E-state index in [1.165, 1.54) is 5.56 Å². The van der Waals surface area contributed by atoms with E-state index >= 15 is 0 Å². The van der Waals surface area contributed by atoms with Crippen molar-refractivity contribution in [2.45, 2.75) is 38.8 Å². The van der Waals surface area contributed by atoms with Gasteiger partial charge in [0.2, 0.25) is 0 Å². The van der Waals surface area contributed by atoms with Crippen molar-refractivity contribution < 1.29 is 4.79 Å². The zero-order chi connectivity index (χ0) is 18.3. The third-order valence-corrected chi connectivity index (χ3v) is 6.04. The van der Waals surface area contributed by atoms with E-state index in [0.717, 1.165) is 56.1 Å². The van der Waals surface area contributed by atoms with Crippen molar-refractivity contribution in [1.82, 2.24) is 19.4 Å². The van der Waals surface area contributed by atoms with Crippen LogP contribution in [0.25, 0.3) is 0 Å². The molecule has 2 aromatic rings. The standard InChI is InChI=1S/C20H27N5O/c1-15-4-5-17(16(2)14-15)22-19(26)25-9-6-20(7-10-25)18-21-8-11-24(18)13-12-23(20)3/h4-5,8,11,14H,6-7,9-10,12-13H2,1-3H3,(H,22,26). The van der Waals surface area contributed by atoms with Crippen LogP contribution in [0.5, 0.6) is 0 Å². The maximum atomic E-state index is 12.7. The van der Waals surface area contributed by atoms with Gasteiger partial charge < -0.3 is 14.8 Å². The fraction of sp³-hybridized carbons (Fsp3) is 0.500. The summed E-state index contributed by atoms with van der Waals surface area (Å²) in [6, 6.07) is 6.11. The number of rotatable bonds is 1. The quantitative estimate of drug-likeness (QED) is 0.857. The van der Waals surface area contributed by atoms with Gasteiger partial charge in [-0.1, -0.05) is 17.7 Å². The third-order valence-electron chi connectivity index (χ3n) is 6.04. The van der Waals surface area contributed by atoms with Gasteiger partial charge in [-0.15, -0.1) is 0 Å². The molecule has 0 bridgehead atoms. The van der Waals surface area contributed by atoms with Crippen molar-refractivity contribution in [3.63, 3.8) is 0 Å². The third kappa shape index (κ3) is 2.78. The molecule has 0 unspecified atom stereocenters. The van der Waals surface area contributed by atoms with Gasteiger partial charge in [-0.05, 0) is 45.4 Å². The lowest BCUT2D eigenvalue weighted by Crippen LogP contribution is -2.57. The predicted molar refractivity (Wildman–Crippen MR) is 102 cm³/mol. The highest BCUT2D eigenvalue weighted by Crippen LogP contribution is 2.39. The molecular formula is C20H27N5O. The number of fused-ring (bicyclic) bond motifs is 2. The first-order valence-electron chi connectivity index (χ1n) is 9.36. The Kier molecular flexibility index (Phi) is 4.23. The van der Waals surface area contributed by atoms with Gasteiger partial charge in [0.25, 0.3) is 0 Å². The summed E-state index contributed by atoms with van der Waals surface area (Å²) in [7, 11) is 2.18. The Balaban J connectivity index is 1.46. The number of amides is 2. The van der Waals surface area contributed by atoms with Crippen LogP contribution in [0.3, 0.4) is 0 Å². The number of likely N-dealkylation sites (N-methyl/N-ethyl adjacent to an activating group) is 1. The molecule has 1 fully saturated rings. The molecule has 2 aliphatic heterocycles. The minimum absolute atomic E-state index is 0.00592. The first-order valence-corrected chi connectivity index (χ1v) is 9.36. The van der Waals surface area contributed by atoms with E-state index < -0.39 is 0 Å². The van der Waals surface area contributed by atoms with Crippen LogP contribution in [0.1, 0.15) is 29.8 Å². The summed E-state index contributed by atoms with van der Waals surface area (Å²) in [5, 5.41) is 3.08. The maximum Gasteiger partial charge on any atom is 0.321 e. The number of hydrogen-bond donors (Lipinski definition) is 1. The number of benzene rings is 1. The van der Waals surface area contributed by atoms with Crippen LogP contribution < -0.4 is 5.32 Å². The molecule has 1 aromatic carbocycles. The zero-order valence-corrected chi connectivity index (χ0v) is 15.8. The summed E-state index contributed by atoms with van der Waals surface area (Å²) >= 11 is 0. The molecule has 1 aromatic heterocycles. The number of piperidine rings is 1. The van der Waals surface area contributed by atoms with Crippen molar-refractivity contribution in [1.29, 1.82) is 0 Å². The van der Waals surface area contributed by atoms with E-state index in [-0.39, 0.29) is 11.6 Å². The molecule has 1 spiro atoms. The van der Waals surface area contributed by atoms with Crippen LogP contribution >= 0.6 is 0 Å². The largest absolute Gasteiger partial charge is 0.332 e. The Hall–Kier alpha value is -2.34. The van der Waals surface area contributed by atoms with E-state index in [4.69, 9.17) is 0 Å². The van der Waals surface area contributed by atoms with Gasteiger partial charge in [0.05, 0.1) is 5.54 Å².